The smallest absolute Gasteiger partial charge is 0.0735 e. The third-order valence-electron chi connectivity index (χ3n) is 2.67. The van der Waals surface area contributed by atoms with Crippen LogP contribution in [-0.2, 0) is 6.42 Å². The molecule has 0 radical (unpaired) electrons. The molecular formula is C11H12N2. The zero-order chi connectivity index (χ0) is 9.26. The molecule has 0 spiro atoms. The predicted octanol–water partition coefficient (Wildman–Crippen LogP) is 2.21. The van der Waals surface area contributed by atoms with E-state index in [1.807, 2.05) is 12.1 Å². The lowest BCUT2D eigenvalue weighted by molar-refractivity contribution is 0.638. The highest BCUT2D eigenvalue weighted by Gasteiger charge is 2.21. The Balaban J connectivity index is 2.55. The van der Waals surface area contributed by atoms with Crippen molar-refractivity contribution in [1.82, 2.24) is 0 Å². The molecule has 2 N–H and O–H groups in total. The molecule has 2 nitrogen and oxygen atoms in total. The second-order valence-electron chi connectivity index (χ2n) is 3.49. The highest BCUT2D eigenvalue weighted by molar-refractivity contribution is 5.55. The predicted molar refractivity (Wildman–Crippen MR) is 52.1 cm³/mol. The summed E-state index contributed by atoms with van der Waals surface area (Å²) < 4.78 is 0. The fourth-order valence-corrected chi connectivity index (χ4v) is 2.05. The first-order valence-electron chi connectivity index (χ1n) is 4.60. The molecule has 0 heterocycles. The maximum Gasteiger partial charge on any atom is 0.0735 e. The van der Waals surface area contributed by atoms with E-state index in [-0.39, 0.29) is 5.92 Å². The van der Waals surface area contributed by atoms with E-state index in [2.05, 4.69) is 12.1 Å². The van der Waals surface area contributed by atoms with Gasteiger partial charge in [0.1, 0.15) is 0 Å². The summed E-state index contributed by atoms with van der Waals surface area (Å²) >= 11 is 0. The number of nitriles is 1. The molecule has 2 rings (SSSR count). The zero-order valence-electron chi connectivity index (χ0n) is 7.46. The third kappa shape index (κ3) is 1.27. The van der Waals surface area contributed by atoms with Gasteiger partial charge in [0.05, 0.1) is 12.0 Å². The van der Waals surface area contributed by atoms with Gasteiger partial charge in [0.25, 0.3) is 0 Å². The highest BCUT2D eigenvalue weighted by Crippen LogP contribution is 2.34. The fraction of sp³-hybridized carbons (Fsp3) is 0.364. The van der Waals surface area contributed by atoms with Gasteiger partial charge in [-0.3, -0.25) is 0 Å². The van der Waals surface area contributed by atoms with Gasteiger partial charge in [-0.1, -0.05) is 12.1 Å². The summed E-state index contributed by atoms with van der Waals surface area (Å²) in [6.07, 6.45) is 3.13. The first-order chi connectivity index (χ1) is 6.33. The molecule has 1 aliphatic rings. The normalized spacial score (nSPS) is 20.4. The summed E-state index contributed by atoms with van der Waals surface area (Å²) in [7, 11) is 0. The van der Waals surface area contributed by atoms with Gasteiger partial charge in [-0.05, 0) is 36.5 Å². The van der Waals surface area contributed by atoms with Gasteiger partial charge in [-0.25, -0.2) is 0 Å². The topological polar surface area (TPSA) is 49.8 Å². The van der Waals surface area contributed by atoms with Gasteiger partial charge in [-0.15, -0.1) is 0 Å². The number of nitrogens with zero attached hydrogens (tertiary/aromatic N) is 1. The van der Waals surface area contributed by atoms with Crippen molar-refractivity contribution < 1.29 is 0 Å². The molecule has 1 atom stereocenters. The first-order valence-corrected chi connectivity index (χ1v) is 4.60. The Labute approximate surface area is 78.0 Å². The molecule has 0 aromatic heterocycles. The number of benzene rings is 1. The Kier molecular flexibility index (Phi) is 1.94. The van der Waals surface area contributed by atoms with Gasteiger partial charge >= 0.3 is 0 Å². The maximum atomic E-state index is 8.96. The van der Waals surface area contributed by atoms with Crippen LogP contribution in [0.1, 0.15) is 29.9 Å². The standard InChI is InChI=1S/C11H12N2/c12-7-9-5-1-3-8-4-2-6-10(13)11(8)9/h2,4,6,9H,1,3,5,13H2. The second-order valence-corrected chi connectivity index (χ2v) is 3.49. The van der Waals surface area contributed by atoms with E-state index in [1.165, 1.54) is 5.56 Å². The number of aryl methyl sites for hydroxylation is 1. The van der Waals surface area contributed by atoms with Crippen LogP contribution < -0.4 is 5.73 Å². The van der Waals surface area contributed by atoms with Crippen molar-refractivity contribution in [3.63, 3.8) is 0 Å². The van der Waals surface area contributed by atoms with E-state index >= 15 is 0 Å². The van der Waals surface area contributed by atoms with Crippen molar-refractivity contribution in [2.45, 2.75) is 25.2 Å². The van der Waals surface area contributed by atoms with E-state index < -0.39 is 0 Å². The number of rotatable bonds is 0. The summed E-state index contributed by atoms with van der Waals surface area (Å²) in [5, 5.41) is 8.96. The molecule has 0 saturated heterocycles. The Bertz CT molecular complexity index is 363. The molecule has 0 aliphatic heterocycles. The van der Waals surface area contributed by atoms with Crippen LogP contribution in [-0.4, -0.2) is 0 Å². The van der Waals surface area contributed by atoms with Crippen molar-refractivity contribution in [3.05, 3.63) is 29.3 Å². The minimum absolute atomic E-state index is 0.0185. The molecule has 66 valence electrons. The van der Waals surface area contributed by atoms with Gasteiger partial charge in [0.2, 0.25) is 0 Å². The van der Waals surface area contributed by atoms with Crippen molar-refractivity contribution >= 4 is 5.69 Å². The molecular weight excluding hydrogens is 160 g/mol. The van der Waals surface area contributed by atoms with E-state index in [9.17, 15) is 0 Å². The van der Waals surface area contributed by atoms with Crippen LogP contribution >= 0.6 is 0 Å². The lowest BCUT2D eigenvalue weighted by Crippen LogP contribution is -2.10. The minimum atomic E-state index is 0.0185. The van der Waals surface area contributed by atoms with Gasteiger partial charge in [0, 0.05) is 5.69 Å². The third-order valence-corrected chi connectivity index (χ3v) is 2.67. The number of nitrogens with two attached hydrogens (primary N) is 1. The Morgan fingerprint density at radius 3 is 3.08 bits per heavy atom. The zero-order valence-corrected chi connectivity index (χ0v) is 7.46. The number of hydrogen-bond acceptors (Lipinski definition) is 2. The molecule has 1 aromatic carbocycles. The Morgan fingerprint density at radius 2 is 2.31 bits per heavy atom. The van der Waals surface area contributed by atoms with Gasteiger partial charge in [-0.2, -0.15) is 5.26 Å². The Hall–Kier alpha value is -1.49. The van der Waals surface area contributed by atoms with Crippen LogP contribution in [0.25, 0.3) is 0 Å². The molecule has 1 unspecified atom stereocenters. The highest BCUT2D eigenvalue weighted by atomic mass is 14.6. The molecule has 1 aromatic rings. The van der Waals surface area contributed by atoms with Crippen LogP contribution in [0.15, 0.2) is 18.2 Å². The summed E-state index contributed by atoms with van der Waals surface area (Å²) in [6, 6.07) is 8.25. The van der Waals surface area contributed by atoms with E-state index in [0.29, 0.717) is 0 Å². The average Bonchev–Trinajstić information content (AvgIpc) is 2.17. The summed E-state index contributed by atoms with van der Waals surface area (Å²) in [5.74, 6) is 0.0185. The van der Waals surface area contributed by atoms with Crippen LogP contribution in [0.5, 0.6) is 0 Å². The van der Waals surface area contributed by atoms with Gasteiger partial charge in [0.15, 0.2) is 0 Å². The lowest BCUT2D eigenvalue weighted by atomic mass is 9.83. The van der Waals surface area contributed by atoms with E-state index in [1.54, 1.807) is 0 Å². The Morgan fingerprint density at radius 1 is 1.46 bits per heavy atom. The SMILES string of the molecule is N#CC1CCCc2cccc(N)c21. The van der Waals surface area contributed by atoms with Crippen molar-refractivity contribution in [1.29, 1.82) is 5.26 Å². The van der Waals surface area contributed by atoms with Crippen LogP contribution in [0, 0.1) is 11.3 Å². The van der Waals surface area contributed by atoms with E-state index in [0.717, 1.165) is 30.5 Å². The average molecular weight is 172 g/mol. The molecule has 0 bridgehead atoms. The lowest BCUT2D eigenvalue weighted by Gasteiger charge is -2.21. The van der Waals surface area contributed by atoms with Gasteiger partial charge < -0.3 is 5.73 Å². The molecule has 1 aliphatic carbocycles. The number of hydrogen-bond donors (Lipinski definition) is 1. The largest absolute Gasteiger partial charge is 0.398 e. The summed E-state index contributed by atoms with van der Waals surface area (Å²) in [5.41, 5.74) is 8.98. The van der Waals surface area contributed by atoms with Crippen LogP contribution in [0.3, 0.4) is 0 Å². The van der Waals surface area contributed by atoms with Crippen LogP contribution in [0.4, 0.5) is 5.69 Å². The molecule has 13 heavy (non-hydrogen) atoms. The van der Waals surface area contributed by atoms with E-state index in [4.69, 9.17) is 11.0 Å². The monoisotopic (exact) mass is 172 g/mol. The first kappa shape index (κ1) is 8.12. The fourth-order valence-electron chi connectivity index (χ4n) is 2.05. The molecule has 0 saturated carbocycles. The van der Waals surface area contributed by atoms with Crippen molar-refractivity contribution in [2.24, 2.45) is 0 Å². The van der Waals surface area contributed by atoms with Crippen molar-refractivity contribution in [3.8, 4) is 6.07 Å². The summed E-state index contributed by atoms with van der Waals surface area (Å²) in [4.78, 5) is 0. The minimum Gasteiger partial charge on any atom is -0.398 e. The number of anilines is 1. The molecule has 0 fully saturated rings. The summed E-state index contributed by atoms with van der Waals surface area (Å²) in [6.45, 7) is 0. The quantitative estimate of drug-likeness (QED) is 0.610. The second kappa shape index (κ2) is 3.10. The number of nitrogen functional groups attached to an aromatic ring is 1. The number of fused-ring (bicyclic) bond motifs is 1. The van der Waals surface area contributed by atoms with Crippen molar-refractivity contribution in [2.75, 3.05) is 5.73 Å². The molecule has 2 heteroatoms. The maximum absolute atomic E-state index is 8.96. The molecule has 0 amide bonds. The van der Waals surface area contributed by atoms with Crippen LogP contribution in [0.2, 0.25) is 0 Å².